The number of halogens is 1. The monoisotopic (exact) mass is 400 g/mol. The van der Waals surface area contributed by atoms with Gasteiger partial charge in [-0.1, -0.05) is 0 Å². The van der Waals surface area contributed by atoms with Crippen LogP contribution in [0.25, 0.3) is 0 Å². The highest BCUT2D eigenvalue weighted by Gasteiger charge is 2.27. The number of carbonyl (C=O) groups is 1. The zero-order valence-electron chi connectivity index (χ0n) is 15.0. The smallest absolute Gasteiger partial charge is 0.293 e. The van der Waals surface area contributed by atoms with Crippen molar-refractivity contribution in [3.63, 3.8) is 0 Å². The first-order valence-electron chi connectivity index (χ1n) is 8.62. The molecule has 0 aliphatic carbocycles. The highest BCUT2D eigenvalue weighted by atomic mass is 32.2. The van der Waals surface area contributed by atoms with Crippen molar-refractivity contribution in [1.29, 1.82) is 0 Å². The lowest BCUT2D eigenvalue weighted by Crippen LogP contribution is -2.28. The number of nitrogens with one attached hydrogen (secondary N) is 1. The number of hydrogen-bond donors (Lipinski definition) is 1. The zero-order valence-corrected chi connectivity index (χ0v) is 15.8. The molecule has 1 N–H and O–H groups in total. The molecule has 1 aliphatic heterocycles. The Morgan fingerprint density at radius 2 is 2.00 bits per heavy atom. The van der Waals surface area contributed by atoms with Gasteiger partial charge in [-0.3, -0.25) is 9.52 Å². The number of furan rings is 1. The molecule has 6 nitrogen and oxygen atoms in total. The third kappa shape index (κ3) is 3.27. The first-order chi connectivity index (χ1) is 13.3. The molecule has 3 aromatic rings. The Morgan fingerprint density at radius 3 is 2.71 bits per heavy atom. The summed E-state index contributed by atoms with van der Waals surface area (Å²) in [5.41, 5.74) is 2.22. The second kappa shape index (κ2) is 6.79. The van der Waals surface area contributed by atoms with E-state index >= 15 is 0 Å². The van der Waals surface area contributed by atoms with Gasteiger partial charge >= 0.3 is 0 Å². The number of rotatable bonds is 4. The summed E-state index contributed by atoms with van der Waals surface area (Å²) >= 11 is 0. The van der Waals surface area contributed by atoms with Crippen LogP contribution in [0.3, 0.4) is 0 Å². The van der Waals surface area contributed by atoms with E-state index in [2.05, 4.69) is 4.72 Å². The van der Waals surface area contributed by atoms with Gasteiger partial charge in [-0.05, 0) is 73.0 Å². The third-order valence-corrected chi connectivity index (χ3v) is 6.02. The largest absolute Gasteiger partial charge is 0.459 e. The summed E-state index contributed by atoms with van der Waals surface area (Å²) in [5.74, 6) is -0.444. The first kappa shape index (κ1) is 18.2. The maximum atomic E-state index is 13.4. The summed E-state index contributed by atoms with van der Waals surface area (Å²) in [6.45, 7) is 2.00. The molecule has 1 aromatic heterocycles. The van der Waals surface area contributed by atoms with Crippen LogP contribution in [0.2, 0.25) is 0 Å². The number of nitrogens with zero attached hydrogens (tertiary/aromatic N) is 1. The van der Waals surface area contributed by atoms with Crippen molar-refractivity contribution >= 4 is 27.3 Å². The fraction of sp³-hybridized carbons (Fsp3) is 0.150. The first-order valence-corrected chi connectivity index (χ1v) is 10.1. The summed E-state index contributed by atoms with van der Waals surface area (Å²) < 4.78 is 46.3. The van der Waals surface area contributed by atoms with Gasteiger partial charge in [0.25, 0.3) is 15.9 Å². The molecule has 0 saturated carbocycles. The molecule has 0 fully saturated rings. The molecule has 2 heterocycles. The van der Waals surface area contributed by atoms with Gasteiger partial charge in [-0.15, -0.1) is 0 Å². The minimum Gasteiger partial charge on any atom is -0.459 e. The topological polar surface area (TPSA) is 79.6 Å². The van der Waals surface area contributed by atoms with Gasteiger partial charge < -0.3 is 9.32 Å². The highest BCUT2D eigenvalue weighted by Crippen LogP contribution is 2.32. The van der Waals surface area contributed by atoms with Crippen LogP contribution in [-0.2, 0) is 16.4 Å². The molecule has 1 aliphatic rings. The molecule has 0 bridgehead atoms. The maximum absolute atomic E-state index is 13.4. The summed E-state index contributed by atoms with van der Waals surface area (Å²) in [4.78, 5) is 14.1. The van der Waals surface area contributed by atoms with E-state index in [-0.39, 0.29) is 22.1 Å². The van der Waals surface area contributed by atoms with Crippen LogP contribution in [0.15, 0.2) is 64.1 Å². The summed E-state index contributed by atoms with van der Waals surface area (Å²) in [6.07, 6.45) is 2.05. The van der Waals surface area contributed by atoms with Crippen LogP contribution in [0, 0.1) is 12.7 Å². The van der Waals surface area contributed by atoms with Crippen molar-refractivity contribution in [2.75, 3.05) is 16.2 Å². The van der Waals surface area contributed by atoms with Crippen LogP contribution < -0.4 is 9.62 Å². The molecular formula is C20H17FN2O4S. The number of amides is 1. The van der Waals surface area contributed by atoms with E-state index in [4.69, 9.17) is 4.42 Å². The predicted molar refractivity (Wildman–Crippen MR) is 102 cm³/mol. The Morgan fingerprint density at radius 1 is 1.18 bits per heavy atom. The Balaban J connectivity index is 1.58. The van der Waals surface area contributed by atoms with E-state index in [1.54, 1.807) is 35.2 Å². The van der Waals surface area contributed by atoms with Crippen molar-refractivity contribution in [2.24, 2.45) is 0 Å². The normalized spacial score (nSPS) is 13.4. The molecule has 4 rings (SSSR count). The fourth-order valence-electron chi connectivity index (χ4n) is 3.21. The Bertz CT molecular complexity index is 1160. The van der Waals surface area contributed by atoms with Gasteiger partial charge in [0.05, 0.1) is 11.2 Å². The van der Waals surface area contributed by atoms with Gasteiger partial charge in [0.15, 0.2) is 5.76 Å². The van der Waals surface area contributed by atoms with Gasteiger partial charge in [-0.25, -0.2) is 12.8 Å². The lowest BCUT2D eigenvalue weighted by molar-refractivity contribution is 0.0963. The standard InChI is InChI=1S/C20H17FN2O4S/c1-13-11-16(5-6-17(13)21)28(25,26)22-15-4-7-18-14(12-15)8-9-23(18)20(24)19-3-2-10-27-19/h2-7,10-12,22H,8-9H2,1H3. The van der Waals surface area contributed by atoms with Crippen molar-refractivity contribution in [2.45, 2.75) is 18.2 Å². The van der Waals surface area contributed by atoms with Crippen molar-refractivity contribution < 1.29 is 22.0 Å². The van der Waals surface area contributed by atoms with Crippen molar-refractivity contribution in [3.8, 4) is 0 Å². The zero-order chi connectivity index (χ0) is 19.9. The molecule has 28 heavy (non-hydrogen) atoms. The molecule has 0 atom stereocenters. The number of benzene rings is 2. The van der Waals surface area contributed by atoms with E-state index in [1.165, 1.54) is 25.3 Å². The Hall–Kier alpha value is -3.13. The molecule has 8 heteroatoms. The summed E-state index contributed by atoms with van der Waals surface area (Å²) in [6, 6.07) is 11.9. The van der Waals surface area contributed by atoms with E-state index in [9.17, 15) is 17.6 Å². The number of hydrogen-bond acceptors (Lipinski definition) is 4. The average molecular weight is 400 g/mol. The van der Waals surface area contributed by atoms with Crippen LogP contribution >= 0.6 is 0 Å². The quantitative estimate of drug-likeness (QED) is 0.724. The summed E-state index contributed by atoms with van der Waals surface area (Å²) in [7, 11) is -3.85. The van der Waals surface area contributed by atoms with Crippen LogP contribution in [-0.4, -0.2) is 20.9 Å². The number of aryl methyl sites for hydroxylation is 1. The Kier molecular flexibility index (Phi) is 4.43. The highest BCUT2D eigenvalue weighted by molar-refractivity contribution is 7.92. The second-order valence-corrected chi connectivity index (χ2v) is 8.23. The number of carbonyl (C=O) groups excluding carboxylic acids is 1. The molecule has 2 aromatic carbocycles. The fourth-order valence-corrected chi connectivity index (χ4v) is 4.34. The lowest BCUT2D eigenvalue weighted by atomic mass is 10.1. The van der Waals surface area contributed by atoms with Crippen LogP contribution in [0.5, 0.6) is 0 Å². The second-order valence-electron chi connectivity index (χ2n) is 6.54. The number of fused-ring (bicyclic) bond motifs is 1. The van der Waals surface area contributed by atoms with E-state index < -0.39 is 15.8 Å². The minimum atomic E-state index is -3.85. The van der Waals surface area contributed by atoms with Gasteiger partial charge in [0.1, 0.15) is 5.82 Å². The lowest BCUT2D eigenvalue weighted by Gasteiger charge is -2.16. The third-order valence-electron chi connectivity index (χ3n) is 4.64. The molecule has 0 spiro atoms. The van der Waals surface area contributed by atoms with Gasteiger partial charge in [0, 0.05) is 17.9 Å². The predicted octanol–water partition coefficient (Wildman–Crippen LogP) is 3.73. The van der Waals surface area contributed by atoms with Crippen LogP contribution in [0.4, 0.5) is 15.8 Å². The van der Waals surface area contributed by atoms with E-state index in [0.717, 1.165) is 17.3 Å². The molecule has 1 amide bonds. The minimum absolute atomic E-state index is 0.0125. The molecular weight excluding hydrogens is 383 g/mol. The molecule has 0 radical (unpaired) electrons. The number of sulfonamides is 1. The molecule has 0 saturated heterocycles. The summed E-state index contributed by atoms with van der Waals surface area (Å²) in [5, 5.41) is 0. The average Bonchev–Trinajstić information content (AvgIpc) is 3.32. The Labute approximate surface area is 161 Å². The van der Waals surface area contributed by atoms with E-state index in [0.29, 0.717) is 18.7 Å². The van der Waals surface area contributed by atoms with Crippen molar-refractivity contribution in [3.05, 3.63) is 77.5 Å². The SMILES string of the molecule is Cc1cc(S(=O)(=O)Nc2ccc3c(c2)CCN3C(=O)c2ccco2)ccc1F. The van der Waals surface area contributed by atoms with E-state index in [1.807, 2.05) is 0 Å². The molecule has 0 unspecified atom stereocenters. The van der Waals surface area contributed by atoms with Crippen LogP contribution in [0.1, 0.15) is 21.7 Å². The van der Waals surface area contributed by atoms with Gasteiger partial charge in [-0.2, -0.15) is 0 Å². The molecule has 144 valence electrons. The van der Waals surface area contributed by atoms with Crippen molar-refractivity contribution in [1.82, 2.24) is 0 Å². The maximum Gasteiger partial charge on any atom is 0.293 e. The number of anilines is 2. The van der Waals surface area contributed by atoms with Gasteiger partial charge in [0.2, 0.25) is 0 Å².